The highest BCUT2D eigenvalue weighted by atomic mass is 16.5. The van der Waals surface area contributed by atoms with Gasteiger partial charge >= 0.3 is 5.69 Å². The molecule has 0 bridgehead atoms. The van der Waals surface area contributed by atoms with E-state index in [1.165, 1.54) is 5.56 Å². The van der Waals surface area contributed by atoms with Crippen molar-refractivity contribution in [3.05, 3.63) is 101 Å². The maximum Gasteiger partial charge on any atom is 0.326 e. The zero-order valence-electron chi connectivity index (χ0n) is 26.5. The van der Waals surface area contributed by atoms with E-state index in [-0.39, 0.29) is 11.7 Å². The van der Waals surface area contributed by atoms with Crippen LogP contribution in [-0.4, -0.2) is 80.1 Å². The quantitative estimate of drug-likeness (QED) is 0.240. The fourth-order valence-corrected chi connectivity index (χ4v) is 7.19. The number of nitrogen functional groups attached to an aromatic ring is 1. The molecular formula is C37H40N8O2. The number of nitrogens with one attached hydrogen (secondary N) is 1. The van der Waals surface area contributed by atoms with Crippen LogP contribution in [0.15, 0.2) is 89.7 Å². The van der Waals surface area contributed by atoms with Crippen molar-refractivity contribution in [2.75, 3.05) is 51.7 Å². The van der Waals surface area contributed by atoms with E-state index < -0.39 is 0 Å². The molecule has 0 unspecified atom stereocenters. The Balaban J connectivity index is 1.02. The van der Waals surface area contributed by atoms with Crippen molar-refractivity contribution < 1.29 is 4.74 Å². The number of H-pyrrole nitrogens is 1. The second-order valence-corrected chi connectivity index (χ2v) is 12.7. The molecule has 0 atom stereocenters. The van der Waals surface area contributed by atoms with E-state index in [9.17, 15) is 4.79 Å². The lowest BCUT2D eigenvalue weighted by molar-refractivity contribution is 0.0361. The van der Waals surface area contributed by atoms with Crippen LogP contribution < -0.4 is 11.4 Å². The Hall–Kier alpha value is -4.77. The smallest absolute Gasteiger partial charge is 0.326 e. The summed E-state index contributed by atoms with van der Waals surface area (Å²) in [7, 11) is 0. The number of morpholine rings is 1. The first-order valence-corrected chi connectivity index (χ1v) is 16.6. The monoisotopic (exact) mass is 628 g/mol. The molecule has 0 saturated carbocycles. The standard InChI is InChI=1S/C37H40N8O2/c38-35-31-24-30(27-6-2-1-3-7-27)34(40-36(31)44(41-35)19-18-42-20-22-47-23-21-42)28-12-10-26(11-13-28)25-43-16-14-29(15-17-43)45-33-9-5-4-8-32(33)39-37(45)46/h1-13,24,29H,14-23,25H2,(H2,38,41)(H,39,46). The maximum atomic E-state index is 12.7. The predicted molar refractivity (Wildman–Crippen MR) is 186 cm³/mol. The number of rotatable bonds is 8. The molecule has 8 rings (SSSR count). The number of imidazole rings is 1. The minimum Gasteiger partial charge on any atom is -0.382 e. The Morgan fingerprint density at radius 2 is 1.57 bits per heavy atom. The van der Waals surface area contributed by atoms with Crippen molar-refractivity contribution in [2.45, 2.75) is 32.0 Å². The van der Waals surface area contributed by atoms with Gasteiger partial charge in [-0.2, -0.15) is 5.10 Å². The molecule has 0 aliphatic carbocycles. The highest BCUT2D eigenvalue weighted by molar-refractivity contribution is 5.95. The summed E-state index contributed by atoms with van der Waals surface area (Å²) >= 11 is 0. The summed E-state index contributed by atoms with van der Waals surface area (Å²) in [6, 6.07) is 29.5. The minimum atomic E-state index is -0.00949. The fraction of sp³-hybridized carbons (Fsp3) is 0.324. The maximum absolute atomic E-state index is 12.7. The number of ether oxygens (including phenoxy) is 1. The summed E-state index contributed by atoms with van der Waals surface area (Å²) in [6.45, 7) is 7.77. The third kappa shape index (κ3) is 5.95. The van der Waals surface area contributed by atoms with E-state index in [4.69, 9.17) is 20.6 Å². The van der Waals surface area contributed by atoms with E-state index in [1.807, 2.05) is 39.6 Å². The lowest BCUT2D eigenvalue weighted by atomic mass is 9.97. The van der Waals surface area contributed by atoms with Crippen LogP contribution >= 0.6 is 0 Å². The zero-order chi connectivity index (χ0) is 31.7. The Morgan fingerprint density at radius 1 is 0.830 bits per heavy atom. The van der Waals surface area contributed by atoms with Gasteiger partial charge in [-0.1, -0.05) is 66.7 Å². The van der Waals surface area contributed by atoms with Gasteiger partial charge in [0.2, 0.25) is 0 Å². The molecule has 5 heterocycles. The molecule has 0 radical (unpaired) electrons. The minimum absolute atomic E-state index is 0.00949. The van der Waals surface area contributed by atoms with Gasteiger partial charge in [0.15, 0.2) is 11.5 Å². The lowest BCUT2D eigenvalue weighted by Gasteiger charge is -2.32. The van der Waals surface area contributed by atoms with Gasteiger partial charge < -0.3 is 15.5 Å². The number of likely N-dealkylation sites (tertiary alicyclic amines) is 1. The molecule has 0 amide bonds. The van der Waals surface area contributed by atoms with E-state index >= 15 is 0 Å². The summed E-state index contributed by atoms with van der Waals surface area (Å²) in [5, 5.41) is 5.59. The summed E-state index contributed by atoms with van der Waals surface area (Å²) in [6.07, 6.45) is 1.90. The van der Waals surface area contributed by atoms with Crippen LogP contribution in [-0.2, 0) is 17.8 Å². The molecule has 10 nitrogen and oxygen atoms in total. The second-order valence-electron chi connectivity index (χ2n) is 12.7. The van der Waals surface area contributed by atoms with Crippen LogP contribution in [0.25, 0.3) is 44.5 Å². The van der Waals surface area contributed by atoms with Crippen molar-refractivity contribution in [3.8, 4) is 22.4 Å². The molecule has 2 aliphatic heterocycles. The molecule has 2 saturated heterocycles. The molecule has 2 aliphatic rings. The van der Waals surface area contributed by atoms with Crippen LogP contribution in [0.3, 0.4) is 0 Å². The molecule has 6 aromatic rings. The van der Waals surface area contributed by atoms with Crippen LogP contribution in [0.2, 0.25) is 0 Å². The summed E-state index contributed by atoms with van der Waals surface area (Å²) in [4.78, 5) is 25.9. The van der Waals surface area contributed by atoms with Gasteiger partial charge in [0.1, 0.15) is 0 Å². The molecule has 47 heavy (non-hydrogen) atoms. The van der Waals surface area contributed by atoms with Gasteiger partial charge in [0.25, 0.3) is 0 Å². The first kappa shape index (κ1) is 29.6. The summed E-state index contributed by atoms with van der Waals surface area (Å²) < 4.78 is 9.44. The number of aromatic amines is 1. The third-order valence-corrected chi connectivity index (χ3v) is 9.75. The van der Waals surface area contributed by atoms with Crippen molar-refractivity contribution in [1.29, 1.82) is 0 Å². The molecule has 2 fully saturated rings. The van der Waals surface area contributed by atoms with E-state index in [0.717, 1.165) is 116 Å². The number of hydrogen-bond donors (Lipinski definition) is 2. The van der Waals surface area contributed by atoms with Gasteiger partial charge in [-0.25, -0.2) is 14.5 Å². The Bertz CT molecular complexity index is 2050. The van der Waals surface area contributed by atoms with Gasteiger partial charge in [-0.3, -0.25) is 14.4 Å². The van der Waals surface area contributed by atoms with Crippen LogP contribution in [0.4, 0.5) is 5.82 Å². The van der Waals surface area contributed by atoms with Crippen molar-refractivity contribution >= 4 is 27.9 Å². The number of nitrogens with two attached hydrogens (primary N) is 1. The van der Waals surface area contributed by atoms with Gasteiger partial charge in [0, 0.05) is 56.4 Å². The van der Waals surface area contributed by atoms with E-state index in [1.54, 1.807) is 0 Å². The van der Waals surface area contributed by atoms with Crippen molar-refractivity contribution in [3.63, 3.8) is 0 Å². The number of piperidine rings is 1. The first-order chi connectivity index (χ1) is 23.1. The fourth-order valence-electron chi connectivity index (χ4n) is 7.19. The average Bonchev–Trinajstić information content (AvgIpc) is 3.62. The normalized spacial score (nSPS) is 16.8. The molecular weight excluding hydrogens is 588 g/mol. The predicted octanol–water partition coefficient (Wildman–Crippen LogP) is 5.16. The Morgan fingerprint density at radius 3 is 2.36 bits per heavy atom. The van der Waals surface area contributed by atoms with Crippen LogP contribution in [0, 0.1) is 0 Å². The molecule has 3 aromatic carbocycles. The molecule has 240 valence electrons. The number of para-hydroxylation sites is 2. The number of benzene rings is 3. The first-order valence-electron chi connectivity index (χ1n) is 16.6. The molecule has 10 heteroatoms. The average molecular weight is 629 g/mol. The third-order valence-electron chi connectivity index (χ3n) is 9.75. The number of pyridine rings is 1. The second kappa shape index (κ2) is 12.8. The van der Waals surface area contributed by atoms with Crippen molar-refractivity contribution in [1.82, 2.24) is 34.1 Å². The summed E-state index contributed by atoms with van der Waals surface area (Å²) in [5.74, 6) is 0.506. The van der Waals surface area contributed by atoms with Crippen LogP contribution in [0.1, 0.15) is 24.4 Å². The largest absolute Gasteiger partial charge is 0.382 e. The number of anilines is 1. The number of fused-ring (bicyclic) bond motifs is 2. The lowest BCUT2D eigenvalue weighted by Crippen LogP contribution is -2.38. The van der Waals surface area contributed by atoms with Gasteiger partial charge in [-0.15, -0.1) is 0 Å². The number of aromatic nitrogens is 5. The highest BCUT2D eigenvalue weighted by Crippen LogP contribution is 2.35. The van der Waals surface area contributed by atoms with E-state index in [2.05, 4.69) is 69.4 Å². The Labute approximate surface area is 273 Å². The highest BCUT2D eigenvalue weighted by Gasteiger charge is 2.24. The zero-order valence-corrected chi connectivity index (χ0v) is 26.5. The number of nitrogens with zero attached hydrogens (tertiary/aromatic N) is 6. The van der Waals surface area contributed by atoms with Gasteiger partial charge in [-0.05, 0) is 42.2 Å². The molecule has 3 aromatic heterocycles. The van der Waals surface area contributed by atoms with Gasteiger partial charge in [0.05, 0.1) is 41.9 Å². The molecule has 0 spiro atoms. The van der Waals surface area contributed by atoms with E-state index in [0.29, 0.717) is 5.82 Å². The van der Waals surface area contributed by atoms with Crippen molar-refractivity contribution in [2.24, 2.45) is 0 Å². The summed E-state index contributed by atoms with van der Waals surface area (Å²) in [5.41, 5.74) is 14.6. The SMILES string of the molecule is Nc1nn(CCN2CCOCC2)c2nc(-c3ccc(CN4CCC(n5c(=O)[nH]c6ccccc65)CC4)cc3)c(-c3ccccc3)cc12. The number of hydrogen-bond acceptors (Lipinski definition) is 7. The van der Waals surface area contributed by atoms with Crippen LogP contribution in [0.5, 0.6) is 0 Å². The topological polar surface area (TPSA) is 110 Å². The Kier molecular flexibility index (Phi) is 8.06. The molecule has 3 N–H and O–H groups in total.